The summed E-state index contributed by atoms with van der Waals surface area (Å²) in [5.74, 6) is -0.0828. The summed E-state index contributed by atoms with van der Waals surface area (Å²) in [4.78, 5) is 19.0. The lowest BCUT2D eigenvalue weighted by molar-refractivity contribution is -0.130. The van der Waals surface area contributed by atoms with E-state index in [-0.39, 0.29) is 12.5 Å². The minimum Gasteiger partial charge on any atom is -0.390 e. The van der Waals surface area contributed by atoms with Gasteiger partial charge in [-0.05, 0) is 32.4 Å². The molecule has 6 nitrogen and oxygen atoms in total. The summed E-state index contributed by atoms with van der Waals surface area (Å²) in [6.07, 6.45) is -0.397. The normalized spacial score (nSPS) is 28.5. The first-order chi connectivity index (χ1) is 12.4. The monoisotopic (exact) mass is 361 g/mol. The zero-order valence-electron chi connectivity index (χ0n) is 15.8. The predicted molar refractivity (Wildman–Crippen MR) is 101 cm³/mol. The lowest BCUT2D eigenvalue weighted by Gasteiger charge is -2.46. The van der Waals surface area contributed by atoms with Gasteiger partial charge in [-0.2, -0.15) is 0 Å². The molecule has 2 aliphatic heterocycles. The highest BCUT2D eigenvalue weighted by atomic mass is 16.3. The first-order valence-corrected chi connectivity index (χ1v) is 9.60. The number of carbonyl (C=O) groups excluding carboxylic acids is 1. The fourth-order valence-corrected chi connectivity index (χ4v) is 3.98. The Morgan fingerprint density at radius 1 is 1.15 bits per heavy atom. The summed E-state index contributed by atoms with van der Waals surface area (Å²) >= 11 is 0. The Balaban J connectivity index is 1.63. The van der Waals surface area contributed by atoms with Crippen LogP contribution in [0.25, 0.3) is 0 Å². The molecule has 0 bridgehead atoms. The first kappa shape index (κ1) is 19.3. The summed E-state index contributed by atoms with van der Waals surface area (Å²) in [6, 6.07) is 9.66. The molecule has 26 heavy (non-hydrogen) atoms. The van der Waals surface area contributed by atoms with E-state index in [2.05, 4.69) is 23.6 Å². The number of piperazine rings is 1. The van der Waals surface area contributed by atoms with Gasteiger partial charge in [0.15, 0.2) is 0 Å². The number of β-amino-alcohol motifs (C(OH)–C–C–N with tert-alkyl or cyclic N) is 1. The Morgan fingerprint density at radius 3 is 2.42 bits per heavy atom. The number of amides is 1. The van der Waals surface area contributed by atoms with Crippen molar-refractivity contribution in [3.8, 4) is 0 Å². The predicted octanol–water partition coefficient (Wildman–Crippen LogP) is 0.650. The lowest BCUT2D eigenvalue weighted by atomic mass is 9.88. The summed E-state index contributed by atoms with van der Waals surface area (Å²) in [5, 5.41) is 21.6. The maximum absolute atomic E-state index is 12.7. The molecule has 2 atom stereocenters. The van der Waals surface area contributed by atoms with E-state index in [4.69, 9.17) is 0 Å². The second-order valence-electron chi connectivity index (χ2n) is 7.91. The number of piperidine rings is 1. The van der Waals surface area contributed by atoms with Crippen molar-refractivity contribution in [1.82, 2.24) is 14.7 Å². The van der Waals surface area contributed by atoms with Gasteiger partial charge in [-0.3, -0.25) is 14.6 Å². The molecular weight excluding hydrogens is 330 g/mol. The Bertz CT molecular complexity index is 602. The van der Waals surface area contributed by atoms with Gasteiger partial charge in [0.25, 0.3) is 5.91 Å². The molecule has 1 amide bonds. The number of benzene rings is 1. The molecule has 2 aliphatic rings. The van der Waals surface area contributed by atoms with Gasteiger partial charge in [0.1, 0.15) is 5.60 Å². The fraction of sp³-hybridized carbons (Fsp3) is 0.650. The van der Waals surface area contributed by atoms with E-state index in [0.717, 1.165) is 26.2 Å². The van der Waals surface area contributed by atoms with Gasteiger partial charge in [0, 0.05) is 50.9 Å². The zero-order chi connectivity index (χ0) is 18.7. The van der Waals surface area contributed by atoms with Crippen molar-refractivity contribution in [2.75, 3.05) is 45.8 Å². The van der Waals surface area contributed by atoms with E-state index in [9.17, 15) is 15.0 Å². The van der Waals surface area contributed by atoms with Crippen LogP contribution < -0.4 is 0 Å². The second kappa shape index (κ2) is 8.05. The fourth-order valence-electron chi connectivity index (χ4n) is 3.98. The molecule has 0 aromatic heterocycles. The maximum atomic E-state index is 12.7. The molecule has 2 fully saturated rings. The first-order valence-electron chi connectivity index (χ1n) is 9.60. The Kier molecular flexibility index (Phi) is 5.97. The van der Waals surface area contributed by atoms with Crippen molar-refractivity contribution in [2.24, 2.45) is 0 Å². The van der Waals surface area contributed by atoms with Crippen LogP contribution in [0.4, 0.5) is 0 Å². The summed E-state index contributed by atoms with van der Waals surface area (Å²) in [5.41, 5.74) is -0.653. The van der Waals surface area contributed by atoms with Crippen molar-refractivity contribution >= 4 is 5.91 Å². The second-order valence-corrected chi connectivity index (χ2v) is 7.91. The minimum absolute atomic E-state index is 0.0828. The number of aliphatic hydroxyl groups is 2. The van der Waals surface area contributed by atoms with E-state index in [1.54, 1.807) is 17.0 Å². The average molecular weight is 361 g/mol. The van der Waals surface area contributed by atoms with E-state index in [1.807, 2.05) is 18.2 Å². The third-order valence-corrected chi connectivity index (χ3v) is 5.70. The summed E-state index contributed by atoms with van der Waals surface area (Å²) in [6.45, 7) is 9.12. The van der Waals surface area contributed by atoms with E-state index in [0.29, 0.717) is 31.1 Å². The molecular formula is C20H31N3O3. The van der Waals surface area contributed by atoms with Crippen LogP contribution >= 0.6 is 0 Å². The van der Waals surface area contributed by atoms with Crippen LogP contribution in [-0.4, -0.2) is 94.4 Å². The lowest BCUT2D eigenvalue weighted by Crippen LogP contribution is -2.64. The molecule has 0 aliphatic carbocycles. The Morgan fingerprint density at radius 2 is 1.81 bits per heavy atom. The van der Waals surface area contributed by atoms with Crippen LogP contribution in [0.3, 0.4) is 0 Å². The van der Waals surface area contributed by atoms with Crippen molar-refractivity contribution in [1.29, 1.82) is 0 Å². The van der Waals surface area contributed by atoms with Gasteiger partial charge < -0.3 is 15.1 Å². The number of hydrogen-bond acceptors (Lipinski definition) is 5. The van der Waals surface area contributed by atoms with Gasteiger partial charge in [0.05, 0.1) is 12.6 Å². The van der Waals surface area contributed by atoms with E-state index in [1.165, 1.54) is 0 Å². The molecule has 6 heteroatoms. The van der Waals surface area contributed by atoms with Crippen molar-refractivity contribution in [2.45, 2.75) is 38.0 Å². The highest BCUT2D eigenvalue weighted by Gasteiger charge is 2.44. The number of aliphatic hydroxyl groups excluding tert-OH is 1. The smallest absolute Gasteiger partial charge is 0.253 e. The Labute approximate surface area is 156 Å². The molecule has 2 saturated heterocycles. The maximum Gasteiger partial charge on any atom is 0.253 e. The number of carbonyl (C=O) groups is 1. The Hall–Kier alpha value is -1.47. The molecule has 2 heterocycles. The van der Waals surface area contributed by atoms with E-state index < -0.39 is 11.7 Å². The number of rotatable bonds is 4. The van der Waals surface area contributed by atoms with Crippen LogP contribution in [0.2, 0.25) is 0 Å². The highest BCUT2D eigenvalue weighted by Crippen LogP contribution is 2.25. The third-order valence-electron chi connectivity index (χ3n) is 5.70. The van der Waals surface area contributed by atoms with Gasteiger partial charge >= 0.3 is 0 Å². The summed E-state index contributed by atoms with van der Waals surface area (Å²) < 4.78 is 0. The van der Waals surface area contributed by atoms with Gasteiger partial charge in [-0.15, -0.1) is 0 Å². The zero-order valence-corrected chi connectivity index (χ0v) is 15.8. The molecule has 1 aromatic rings. The highest BCUT2D eigenvalue weighted by molar-refractivity contribution is 5.94. The topological polar surface area (TPSA) is 67.2 Å². The molecule has 0 saturated carbocycles. The van der Waals surface area contributed by atoms with Crippen LogP contribution in [0, 0.1) is 0 Å². The van der Waals surface area contributed by atoms with Crippen LogP contribution in [0.5, 0.6) is 0 Å². The molecule has 2 N–H and O–H groups in total. The standard InChI is InChI=1S/C20H31N3O3/c1-16(2)22-12-10-21(11-13-22)14-20(26)15-23(9-8-18(20)24)19(25)17-6-4-3-5-7-17/h3-7,16,18,24,26H,8-15H2,1-2H3/t18-,20+/m0/s1. The number of likely N-dealkylation sites (tertiary alicyclic amines) is 1. The van der Waals surface area contributed by atoms with Crippen LogP contribution in [0.1, 0.15) is 30.6 Å². The molecule has 0 spiro atoms. The molecule has 0 radical (unpaired) electrons. The van der Waals surface area contributed by atoms with Crippen molar-refractivity contribution in [3.63, 3.8) is 0 Å². The molecule has 1 aromatic carbocycles. The number of nitrogens with zero attached hydrogens (tertiary/aromatic N) is 3. The largest absolute Gasteiger partial charge is 0.390 e. The molecule has 144 valence electrons. The van der Waals surface area contributed by atoms with Crippen LogP contribution in [0.15, 0.2) is 30.3 Å². The van der Waals surface area contributed by atoms with E-state index >= 15 is 0 Å². The number of hydrogen-bond donors (Lipinski definition) is 2. The quantitative estimate of drug-likeness (QED) is 0.824. The summed E-state index contributed by atoms with van der Waals surface area (Å²) in [7, 11) is 0. The van der Waals surface area contributed by atoms with Gasteiger partial charge in [0.2, 0.25) is 0 Å². The third kappa shape index (κ3) is 4.26. The average Bonchev–Trinajstić information content (AvgIpc) is 2.64. The van der Waals surface area contributed by atoms with Crippen molar-refractivity contribution < 1.29 is 15.0 Å². The van der Waals surface area contributed by atoms with Crippen molar-refractivity contribution in [3.05, 3.63) is 35.9 Å². The minimum atomic E-state index is -1.28. The van der Waals surface area contributed by atoms with Crippen LogP contribution in [-0.2, 0) is 0 Å². The van der Waals surface area contributed by atoms with Gasteiger partial charge in [-0.25, -0.2) is 0 Å². The molecule has 3 rings (SSSR count). The van der Waals surface area contributed by atoms with Gasteiger partial charge in [-0.1, -0.05) is 18.2 Å². The SMILES string of the molecule is CC(C)N1CCN(C[C@@]2(O)CN(C(=O)c3ccccc3)CC[C@@H]2O)CC1. The molecule has 0 unspecified atom stereocenters.